The quantitative estimate of drug-likeness (QED) is 0.543. The molecule has 0 saturated heterocycles. The largest absolute Gasteiger partial charge is 0.243 e. The van der Waals surface area contributed by atoms with E-state index in [0.717, 1.165) is 22.1 Å². The van der Waals surface area contributed by atoms with Gasteiger partial charge in [-0.25, -0.2) is 4.68 Å². The van der Waals surface area contributed by atoms with Crippen molar-refractivity contribution in [3.8, 4) is 0 Å². The number of halogens is 1. The second kappa shape index (κ2) is 5.38. The molecule has 2 aromatic heterocycles. The van der Waals surface area contributed by atoms with Crippen LogP contribution >= 0.6 is 11.6 Å². The van der Waals surface area contributed by atoms with Gasteiger partial charge in [0.1, 0.15) is 16.6 Å². The Hall–Kier alpha value is -2.47. The number of hydrogen-bond acceptors (Lipinski definition) is 4. The zero-order chi connectivity index (χ0) is 14.9. The van der Waals surface area contributed by atoms with E-state index >= 15 is 0 Å². The highest BCUT2D eigenvalue weighted by atomic mass is 35.5. The molecule has 0 radical (unpaired) electrons. The number of nitrogens with zero attached hydrogens (tertiary/aromatic N) is 6. The second-order valence-electron chi connectivity index (χ2n) is 5.10. The molecule has 0 saturated carbocycles. The third kappa shape index (κ3) is 2.42. The molecule has 0 bridgehead atoms. The Balaban J connectivity index is 1.53. The molecular formula is C15H13ClN6. The van der Waals surface area contributed by atoms with Gasteiger partial charge in [-0.2, -0.15) is 15.0 Å². The average Bonchev–Trinajstić information content (AvgIpc) is 3.11. The van der Waals surface area contributed by atoms with Crippen molar-refractivity contribution in [3.05, 3.63) is 48.5 Å². The van der Waals surface area contributed by atoms with Gasteiger partial charge in [-0.1, -0.05) is 29.5 Å². The fourth-order valence-electron chi connectivity index (χ4n) is 2.46. The Morgan fingerprint density at radius 2 is 1.50 bits per heavy atom. The zero-order valence-electron chi connectivity index (χ0n) is 11.7. The van der Waals surface area contributed by atoms with Crippen LogP contribution in [0, 0.1) is 0 Å². The molecule has 0 amide bonds. The molecule has 0 N–H and O–H groups in total. The van der Waals surface area contributed by atoms with E-state index in [1.54, 1.807) is 4.80 Å². The standard InChI is InChI=1S/C15H13ClN6/c16-11(9-21-15-8-4-3-7-14(15)17-20-21)10-22-18-12-5-1-2-6-13(12)19-22/h1-8,11H,9-10H2. The smallest absolute Gasteiger partial charge is 0.113 e. The molecule has 7 heteroatoms. The molecule has 2 aromatic carbocycles. The van der Waals surface area contributed by atoms with Crippen molar-refractivity contribution in [2.45, 2.75) is 18.5 Å². The summed E-state index contributed by atoms with van der Waals surface area (Å²) in [5.41, 5.74) is 3.59. The molecular weight excluding hydrogens is 300 g/mol. The van der Waals surface area contributed by atoms with Crippen LogP contribution in [-0.4, -0.2) is 35.4 Å². The fourth-order valence-corrected chi connectivity index (χ4v) is 2.71. The van der Waals surface area contributed by atoms with Gasteiger partial charge < -0.3 is 0 Å². The first-order chi connectivity index (χ1) is 10.8. The van der Waals surface area contributed by atoms with Crippen LogP contribution in [0.15, 0.2) is 48.5 Å². The highest BCUT2D eigenvalue weighted by molar-refractivity contribution is 6.20. The summed E-state index contributed by atoms with van der Waals surface area (Å²) in [5.74, 6) is 0. The topological polar surface area (TPSA) is 61.4 Å². The number of hydrogen-bond donors (Lipinski definition) is 0. The molecule has 6 nitrogen and oxygen atoms in total. The molecule has 1 unspecified atom stereocenters. The van der Waals surface area contributed by atoms with Gasteiger partial charge in [0.2, 0.25) is 0 Å². The first-order valence-electron chi connectivity index (χ1n) is 7.02. The van der Waals surface area contributed by atoms with E-state index in [0.29, 0.717) is 13.1 Å². The normalized spacial score (nSPS) is 13.0. The van der Waals surface area contributed by atoms with Gasteiger partial charge in [0.05, 0.1) is 24.0 Å². The van der Waals surface area contributed by atoms with Crippen molar-refractivity contribution >= 4 is 33.7 Å². The Morgan fingerprint density at radius 1 is 0.864 bits per heavy atom. The number of alkyl halides is 1. The summed E-state index contributed by atoms with van der Waals surface area (Å²) in [4.78, 5) is 1.64. The van der Waals surface area contributed by atoms with Crippen LogP contribution in [0.3, 0.4) is 0 Å². The Labute approximate surface area is 131 Å². The van der Waals surface area contributed by atoms with E-state index in [-0.39, 0.29) is 5.38 Å². The van der Waals surface area contributed by atoms with Crippen LogP contribution in [0.5, 0.6) is 0 Å². The minimum atomic E-state index is -0.174. The summed E-state index contributed by atoms with van der Waals surface area (Å²) >= 11 is 6.45. The fraction of sp³-hybridized carbons (Fsp3) is 0.200. The number of para-hydroxylation sites is 1. The maximum absolute atomic E-state index is 6.45. The van der Waals surface area contributed by atoms with Crippen molar-refractivity contribution in [3.63, 3.8) is 0 Å². The number of aromatic nitrogens is 6. The van der Waals surface area contributed by atoms with E-state index in [1.165, 1.54) is 0 Å². The summed E-state index contributed by atoms with van der Waals surface area (Å²) < 4.78 is 1.82. The molecule has 2 heterocycles. The average molecular weight is 313 g/mol. The van der Waals surface area contributed by atoms with Gasteiger partial charge in [0, 0.05) is 0 Å². The third-order valence-electron chi connectivity index (χ3n) is 3.48. The van der Waals surface area contributed by atoms with Crippen molar-refractivity contribution in [1.82, 2.24) is 30.0 Å². The highest BCUT2D eigenvalue weighted by Crippen LogP contribution is 2.13. The van der Waals surface area contributed by atoms with Crippen LogP contribution < -0.4 is 0 Å². The molecule has 4 rings (SSSR count). The maximum Gasteiger partial charge on any atom is 0.113 e. The van der Waals surface area contributed by atoms with Gasteiger partial charge >= 0.3 is 0 Å². The molecule has 0 aliphatic heterocycles. The van der Waals surface area contributed by atoms with Gasteiger partial charge in [0.15, 0.2) is 0 Å². The van der Waals surface area contributed by atoms with Crippen LogP contribution in [0.2, 0.25) is 0 Å². The zero-order valence-corrected chi connectivity index (χ0v) is 12.4. The van der Waals surface area contributed by atoms with E-state index < -0.39 is 0 Å². The molecule has 0 fully saturated rings. The molecule has 1 atom stereocenters. The Kier molecular flexibility index (Phi) is 3.23. The van der Waals surface area contributed by atoms with Crippen molar-refractivity contribution in [2.24, 2.45) is 0 Å². The van der Waals surface area contributed by atoms with E-state index in [2.05, 4.69) is 20.5 Å². The third-order valence-corrected chi connectivity index (χ3v) is 3.76. The first-order valence-corrected chi connectivity index (χ1v) is 7.45. The van der Waals surface area contributed by atoms with Crippen molar-refractivity contribution in [2.75, 3.05) is 0 Å². The van der Waals surface area contributed by atoms with Crippen LogP contribution in [0.1, 0.15) is 0 Å². The van der Waals surface area contributed by atoms with Crippen molar-refractivity contribution in [1.29, 1.82) is 0 Å². The maximum atomic E-state index is 6.45. The molecule has 110 valence electrons. The summed E-state index contributed by atoms with van der Waals surface area (Å²) in [6.45, 7) is 1.07. The highest BCUT2D eigenvalue weighted by Gasteiger charge is 2.12. The molecule has 0 aliphatic carbocycles. The summed E-state index contributed by atoms with van der Waals surface area (Å²) in [5, 5.41) is 16.9. The lowest BCUT2D eigenvalue weighted by Crippen LogP contribution is -2.19. The molecule has 0 aliphatic rings. The first kappa shape index (κ1) is 13.2. The summed E-state index contributed by atoms with van der Waals surface area (Å²) in [6, 6.07) is 15.6. The Bertz CT molecular complexity index is 895. The van der Waals surface area contributed by atoms with Crippen LogP contribution in [0.25, 0.3) is 22.1 Å². The van der Waals surface area contributed by atoms with E-state index in [4.69, 9.17) is 11.6 Å². The van der Waals surface area contributed by atoms with Crippen molar-refractivity contribution < 1.29 is 0 Å². The summed E-state index contributed by atoms with van der Waals surface area (Å²) in [7, 11) is 0. The predicted octanol–water partition coefficient (Wildman–Crippen LogP) is 2.48. The molecule has 22 heavy (non-hydrogen) atoms. The lowest BCUT2D eigenvalue weighted by Gasteiger charge is -2.08. The number of benzene rings is 2. The minimum Gasteiger partial charge on any atom is -0.243 e. The van der Waals surface area contributed by atoms with Gasteiger partial charge in [-0.05, 0) is 24.3 Å². The van der Waals surface area contributed by atoms with Gasteiger partial charge in [0.25, 0.3) is 0 Å². The van der Waals surface area contributed by atoms with Gasteiger partial charge in [-0.3, -0.25) is 0 Å². The number of rotatable bonds is 4. The number of fused-ring (bicyclic) bond motifs is 2. The lowest BCUT2D eigenvalue weighted by molar-refractivity contribution is 0.474. The Morgan fingerprint density at radius 3 is 2.23 bits per heavy atom. The summed E-state index contributed by atoms with van der Waals surface area (Å²) in [6.07, 6.45) is 0. The predicted molar refractivity (Wildman–Crippen MR) is 84.7 cm³/mol. The van der Waals surface area contributed by atoms with Crippen LogP contribution in [0.4, 0.5) is 0 Å². The second-order valence-corrected chi connectivity index (χ2v) is 5.72. The SMILES string of the molecule is ClC(Cn1nc2ccccc2n1)Cn1nnc2ccccc21. The van der Waals surface area contributed by atoms with Crippen LogP contribution in [-0.2, 0) is 13.1 Å². The van der Waals surface area contributed by atoms with E-state index in [1.807, 2.05) is 53.2 Å². The molecule has 0 spiro atoms. The van der Waals surface area contributed by atoms with E-state index in [9.17, 15) is 0 Å². The van der Waals surface area contributed by atoms with Gasteiger partial charge in [-0.15, -0.1) is 16.7 Å². The monoisotopic (exact) mass is 312 g/mol. The lowest BCUT2D eigenvalue weighted by atomic mass is 10.3. The minimum absolute atomic E-state index is 0.174. The molecule has 4 aromatic rings.